The van der Waals surface area contributed by atoms with Gasteiger partial charge in [-0.2, -0.15) is 0 Å². The second-order valence-corrected chi connectivity index (χ2v) is 4.55. The maximum absolute atomic E-state index is 9.19. The molecule has 5 heteroatoms. The summed E-state index contributed by atoms with van der Waals surface area (Å²) in [6, 6.07) is 0. The van der Waals surface area contributed by atoms with Gasteiger partial charge in [-0.05, 0) is 6.42 Å². The molecule has 6 atom stereocenters. The maximum atomic E-state index is 9.19. The number of rotatable bonds is 2. The largest absolute Gasteiger partial charge is 0.396 e. The molecule has 3 aliphatic heterocycles. The van der Waals surface area contributed by atoms with E-state index in [2.05, 4.69) is 0 Å². The van der Waals surface area contributed by atoms with Gasteiger partial charge in [-0.15, -0.1) is 0 Å². The third-order valence-electron chi connectivity index (χ3n) is 3.65. The molecule has 5 nitrogen and oxygen atoms in total. The van der Waals surface area contributed by atoms with E-state index >= 15 is 0 Å². The molecule has 0 aromatic heterocycles. The Kier molecular flexibility index (Phi) is 2.10. The van der Waals surface area contributed by atoms with E-state index in [9.17, 15) is 5.11 Å². The van der Waals surface area contributed by atoms with Crippen molar-refractivity contribution in [3.8, 4) is 0 Å². The smallest absolute Gasteiger partial charge is 0.280 e. The van der Waals surface area contributed by atoms with Gasteiger partial charge in [0.25, 0.3) is 5.97 Å². The molecule has 86 valence electrons. The highest BCUT2D eigenvalue weighted by Gasteiger charge is 2.62. The molecule has 0 aromatic carbocycles. The number of methoxy groups -OCH3 is 1. The maximum Gasteiger partial charge on any atom is 0.280 e. The number of hydrogen-bond acceptors (Lipinski definition) is 5. The van der Waals surface area contributed by atoms with Crippen LogP contribution in [0.2, 0.25) is 0 Å². The van der Waals surface area contributed by atoms with Crippen molar-refractivity contribution in [2.75, 3.05) is 13.7 Å². The van der Waals surface area contributed by atoms with Crippen molar-refractivity contribution >= 4 is 0 Å². The Hall–Kier alpha value is -0.200. The van der Waals surface area contributed by atoms with Gasteiger partial charge in [-0.1, -0.05) is 0 Å². The number of ether oxygens (including phenoxy) is 4. The molecule has 0 aromatic rings. The molecule has 2 bridgehead atoms. The van der Waals surface area contributed by atoms with Crippen LogP contribution in [0, 0.1) is 5.92 Å². The van der Waals surface area contributed by atoms with E-state index in [0.717, 1.165) is 6.42 Å². The first kappa shape index (κ1) is 9.99. The van der Waals surface area contributed by atoms with Crippen molar-refractivity contribution in [2.24, 2.45) is 5.92 Å². The van der Waals surface area contributed by atoms with Gasteiger partial charge in [0.2, 0.25) is 0 Å². The molecule has 3 fully saturated rings. The first-order chi connectivity index (χ1) is 7.17. The van der Waals surface area contributed by atoms with Gasteiger partial charge in [0, 0.05) is 26.6 Å². The quantitative estimate of drug-likeness (QED) is 0.697. The van der Waals surface area contributed by atoms with Crippen LogP contribution in [0.15, 0.2) is 0 Å². The van der Waals surface area contributed by atoms with E-state index < -0.39 is 5.97 Å². The fourth-order valence-electron chi connectivity index (χ4n) is 2.83. The van der Waals surface area contributed by atoms with Gasteiger partial charge >= 0.3 is 0 Å². The van der Waals surface area contributed by atoms with E-state index in [1.165, 1.54) is 0 Å². The average Bonchev–Trinajstić information content (AvgIpc) is 2.85. The molecule has 3 heterocycles. The van der Waals surface area contributed by atoms with E-state index in [1.54, 1.807) is 14.0 Å². The summed E-state index contributed by atoms with van der Waals surface area (Å²) in [6.07, 6.45) is 0.732. The number of aliphatic hydroxyl groups is 1. The van der Waals surface area contributed by atoms with Crippen LogP contribution in [0.3, 0.4) is 0 Å². The molecule has 0 aliphatic carbocycles. The number of fused-ring (bicyclic) bond motifs is 5. The zero-order chi connectivity index (χ0) is 10.6. The second-order valence-electron chi connectivity index (χ2n) is 4.55. The standard InChI is InChI=1S/C10H16O5/c1-10(12-2)14-8-6-3-5(4-11)7(13-6)9(8)15-10/h5-9,11H,3-4H2,1-2H3. The summed E-state index contributed by atoms with van der Waals surface area (Å²) in [5, 5.41) is 9.19. The molecule has 3 aliphatic rings. The number of aliphatic hydroxyl groups excluding tert-OH is 1. The molecule has 1 N–H and O–H groups in total. The second kappa shape index (κ2) is 3.15. The Bertz CT molecular complexity index is 267. The van der Waals surface area contributed by atoms with E-state index in [-0.39, 0.29) is 36.9 Å². The molecule has 0 spiro atoms. The normalized spacial score (nSPS) is 57.4. The summed E-state index contributed by atoms with van der Waals surface area (Å²) in [7, 11) is 1.56. The lowest BCUT2D eigenvalue weighted by Crippen LogP contribution is -2.40. The van der Waals surface area contributed by atoms with Crippen LogP contribution < -0.4 is 0 Å². The SMILES string of the molecule is COC1(C)OC2C3CC(CO)C(O3)C2O1. The highest BCUT2D eigenvalue weighted by molar-refractivity contribution is 5.05. The summed E-state index contributed by atoms with van der Waals surface area (Å²) in [5.41, 5.74) is 0. The minimum Gasteiger partial charge on any atom is -0.396 e. The molecular formula is C10H16O5. The Balaban J connectivity index is 1.79. The third kappa shape index (κ3) is 1.28. The first-order valence-electron chi connectivity index (χ1n) is 5.34. The van der Waals surface area contributed by atoms with Crippen LogP contribution in [-0.4, -0.2) is 49.2 Å². The minimum atomic E-state index is -0.944. The van der Waals surface area contributed by atoms with Gasteiger partial charge < -0.3 is 24.1 Å². The first-order valence-corrected chi connectivity index (χ1v) is 5.34. The van der Waals surface area contributed by atoms with Crippen LogP contribution in [0.5, 0.6) is 0 Å². The molecular weight excluding hydrogens is 200 g/mol. The van der Waals surface area contributed by atoms with Crippen LogP contribution in [-0.2, 0) is 18.9 Å². The lowest BCUT2D eigenvalue weighted by Gasteiger charge is -2.24. The molecule has 0 amide bonds. The Labute approximate surface area is 88.3 Å². The van der Waals surface area contributed by atoms with Crippen molar-refractivity contribution in [1.82, 2.24) is 0 Å². The van der Waals surface area contributed by atoms with Gasteiger partial charge in [-0.25, -0.2) is 0 Å². The Morgan fingerprint density at radius 3 is 2.73 bits per heavy atom. The van der Waals surface area contributed by atoms with Crippen LogP contribution >= 0.6 is 0 Å². The van der Waals surface area contributed by atoms with Crippen molar-refractivity contribution in [2.45, 2.75) is 43.7 Å². The van der Waals surface area contributed by atoms with Crippen molar-refractivity contribution < 1.29 is 24.1 Å². The molecule has 3 saturated heterocycles. The molecule has 0 saturated carbocycles. The van der Waals surface area contributed by atoms with Gasteiger partial charge in [0.05, 0.1) is 12.2 Å². The highest BCUT2D eigenvalue weighted by atomic mass is 16.9. The van der Waals surface area contributed by atoms with Crippen molar-refractivity contribution in [3.63, 3.8) is 0 Å². The zero-order valence-electron chi connectivity index (χ0n) is 8.88. The van der Waals surface area contributed by atoms with E-state index in [1.807, 2.05) is 0 Å². The summed E-state index contributed by atoms with van der Waals surface area (Å²) in [6.45, 7) is 1.91. The van der Waals surface area contributed by atoms with Gasteiger partial charge in [0.1, 0.15) is 12.2 Å². The van der Waals surface area contributed by atoms with Crippen LogP contribution in [0.4, 0.5) is 0 Å². The molecule has 6 unspecified atom stereocenters. The lowest BCUT2D eigenvalue weighted by molar-refractivity contribution is -0.329. The summed E-state index contributed by atoms with van der Waals surface area (Å²) >= 11 is 0. The van der Waals surface area contributed by atoms with Crippen molar-refractivity contribution in [3.05, 3.63) is 0 Å². The number of hydrogen-bond donors (Lipinski definition) is 1. The molecule has 15 heavy (non-hydrogen) atoms. The predicted molar refractivity (Wildman–Crippen MR) is 49.0 cm³/mol. The van der Waals surface area contributed by atoms with Gasteiger partial charge in [-0.3, -0.25) is 0 Å². The fourth-order valence-corrected chi connectivity index (χ4v) is 2.83. The predicted octanol–water partition coefficient (Wildman–Crippen LogP) is -0.130. The highest BCUT2D eigenvalue weighted by Crippen LogP contribution is 2.48. The zero-order valence-corrected chi connectivity index (χ0v) is 8.88. The lowest BCUT2D eigenvalue weighted by atomic mass is 9.86. The Morgan fingerprint density at radius 2 is 2.07 bits per heavy atom. The monoisotopic (exact) mass is 216 g/mol. The van der Waals surface area contributed by atoms with E-state index in [4.69, 9.17) is 18.9 Å². The topological polar surface area (TPSA) is 57.2 Å². The summed E-state index contributed by atoms with van der Waals surface area (Å²) in [4.78, 5) is 0. The molecule has 3 rings (SSSR count). The Morgan fingerprint density at radius 1 is 1.33 bits per heavy atom. The summed E-state index contributed by atoms with van der Waals surface area (Å²) in [5.74, 6) is -0.765. The third-order valence-corrected chi connectivity index (χ3v) is 3.65. The van der Waals surface area contributed by atoms with Crippen LogP contribution in [0.25, 0.3) is 0 Å². The summed E-state index contributed by atoms with van der Waals surface area (Å²) < 4.78 is 22.3. The van der Waals surface area contributed by atoms with Crippen molar-refractivity contribution in [1.29, 1.82) is 0 Å². The van der Waals surface area contributed by atoms with Gasteiger partial charge in [0.15, 0.2) is 0 Å². The minimum absolute atomic E-state index is 0.0391. The molecule has 0 radical (unpaired) electrons. The fraction of sp³-hybridized carbons (Fsp3) is 1.00. The average molecular weight is 216 g/mol. The van der Waals surface area contributed by atoms with E-state index in [0.29, 0.717) is 0 Å². The van der Waals surface area contributed by atoms with Crippen LogP contribution in [0.1, 0.15) is 13.3 Å².